The quantitative estimate of drug-likeness (QED) is 0.716. The summed E-state index contributed by atoms with van der Waals surface area (Å²) in [6.07, 6.45) is 0. The maximum atomic E-state index is 14.0. The maximum Gasteiger partial charge on any atom is 0.134 e. The molecule has 0 spiro atoms. The Morgan fingerprint density at radius 1 is 1.11 bits per heavy atom. The van der Waals surface area contributed by atoms with Crippen LogP contribution >= 0.6 is 11.6 Å². The molecule has 0 saturated heterocycles. The highest BCUT2D eigenvalue weighted by Crippen LogP contribution is 2.73. The van der Waals surface area contributed by atoms with Crippen molar-refractivity contribution in [3.63, 3.8) is 0 Å². The van der Waals surface area contributed by atoms with Gasteiger partial charge in [0.1, 0.15) is 17.4 Å². The summed E-state index contributed by atoms with van der Waals surface area (Å²) in [7, 11) is 1.37. The van der Waals surface area contributed by atoms with Gasteiger partial charge in [0.2, 0.25) is 0 Å². The molecular weight excluding hydrogens is 270 g/mol. The number of hydrogen-bond acceptors (Lipinski definition) is 1. The van der Waals surface area contributed by atoms with Crippen molar-refractivity contribution in [3.05, 3.63) is 29.3 Å². The molecule has 1 aromatic carbocycles. The molecular formula is C15H19ClF2O. The number of rotatable bonds is 3. The summed E-state index contributed by atoms with van der Waals surface area (Å²) in [5.74, 6) is -1.08. The maximum absolute atomic E-state index is 14.0. The monoisotopic (exact) mass is 288 g/mol. The average Bonchev–Trinajstić information content (AvgIpc) is 2.67. The van der Waals surface area contributed by atoms with E-state index in [1.54, 1.807) is 0 Å². The molecule has 1 atom stereocenters. The molecule has 2 rings (SSSR count). The lowest BCUT2D eigenvalue weighted by Crippen LogP contribution is -2.06. The highest BCUT2D eigenvalue weighted by molar-refractivity contribution is 6.21. The van der Waals surface area contributed by atoms with Crippen LogP contribution in [0.4, 0.5) is 8.78 Å². The number of methoxy groups -OCH3 is 1. The van der Waals surface area contributed by atoms with Crippen LogP contribution in [0.3, 0.4) is 0 Å². The lowest BCUT2D eigenvalue weighted by Gasteiger charge is -2.15. The molecule has 1 aromatic rings. The largest absolute Gasteiger partial charge is 0.497 e. The van der Waals surface area contributed by atoms with Crippen molar-refractivity contribution in [3.8, 4) is 5.75 Å². The number of ether oxygens (including phenoxy) is 1. The first-order valence-corrected chi connectivity index (χ1v) is 6.75. The third-order valence-corrected chi connectivity index (χ3v) is 5.46. The van der Waals surface area contributed by atoms with Crippen LogP contribution < -0.4 is 4.74 Å². The number of halogens is 3. The molecule has 0 N–H and O–H groups in total. The second-order valence-electron chi connectivity index (χ2n) is 6.33. The molecule has 1 saturated carbocycles. The normalized spacial score (nSPS) is 22.1. The van der Waals surface area contributed by atoms with Crippen LogP contribution in [0, 0.1) is 28.4 Å². The SMILES string of the molecule is COc1cc(F)c(C(Cl)C2C(C)(C)C2(C)C)c(F)c1. The first kappa shape index (κ1) is 14.6. The Bertz CT molecular complexity index is 474. The van der Waals surface area contributed by atoms with E-state index >= 15 is 0 Å². The Kier molecular flexibility index (Phi) is 3.33. The summed E-state index contributed by atoms with van der Waals surface area (Å²) in [6, 6.07) is 2.35. The molecule has 1 unspecified atom stereocenters. The standard InChI is InChI=1S/C15H19ClF2O/c1-14(2)13(15(14,3)4)12(16)11-9(17)6-8(19-5)7-10(11)18/h6-7,12-13H,1-5H3. The number of alkyl halides is 1. The Morgan fingerprint density at radius 2 is 1.53 bits per heavy atom. The zero-order valence-corrected chi connectivity index (χ0v) is 12.6. The van der Waals surface area contributed by atoms with Gasteiger partial charge in [-0.2, -0.15) is 0 Å². The zero-order chi connectivity index (χ0) is 14.6. The molecule has 0 amide bonds. The van der Waals surface area contributed by atoms with E-state index in [0.29, 0.717) is 0 Å². The topological polar surface area (TPSA) is 9.23 Å². The first-order valence-electron chi connectivity index (χ1n) is 6.31. The predicted octanol–water partition coefficient (Wildman–Crippen LogP) is 4.94. The molecule has 0 bridgehead atoms. The van der Waals surface area contributed by atoms with E-state index < -0.39 is 17.0 Å². The van der Waals surface area contributed by atoms with Crippen LogP contribution in [0.25, 0.3) is 0 Å². The number of hydrogen-bond donors (Lipinski definition) is 0. The minimum Gasteiger partial charge on any atom is -0.497 e. The molecule has 1 aliphatic carbocycles. The fourth-order valence-electron chi connectivity index (χ4n) is 3.09. The highest BCUT2D eigenvalue weighted by atomic mass is 35.5. The molecule has 1 fully saturated rings. The van der Waals surface area contributed by atoms with Crippen molar-refractivity contribution in [2.24, 2.45) is 16.7 Å². The molecule has 4 heteroatoms. The Labute approximate surface area is 117 Å². The Hall–Kier alpha value is -0.830. The van der Waals surface area contributed by atoms with Gasteiger partial charge in [0.05, 0.1) is 12.5 Å². The molecule has 1 aliphatic rings. The summed E-state index contributed by atoms with van der Waals surface area (Å²) in [6.45, 7) is 8.30. The van der Waals surface area contributed by atoms with Gasteiger partial charge in [0, 0.05) is 17.7 Å². The van der Waals surface area contributed by atoms with E-state index in [1.165, 1.54) is 19.2 Å². The van der Waals surface area contributed by atoms with Crippen molar-refractivity contribution in [2.45, 2.75) is 33.1 Å². The fourth-order valence-corrected chi connectivity index (χ4v) is 3.93. The van der Waals surface area contributed by atoms with E-state index in [1.807, 2.05) is 0 Å². The molecule has 0 aromatic heterocycles. The van der Waals surface area contributed by atoms with Crippen LogP contribution in [-0.4, -0.2) is 7.11 Å². The van der Waals surface area contributed by atoms with Crippen LogP contribution in [0.1, 0.15) is 38.6 Å². The third kappa shape index (κ3) is 2.03. The van der Waals surface area contributed by atoms with Gasteiger partial charge in [0.25, 0.3) is 0 Å². The van der Waals surface area contributed by atoms with Crippen LogP contribution in [0.2, 0.25) is 0 Å². The van der Waals surface area contributed by atoms with Crippen molar-refractivity contribution < 1.29 is 13.5 Å². The van der Waals surface area contributed by atoms with E-state index in [9.17, 15) is 8.78 Å². The third-order valence-electron chi connectivity index (χ3n) is 4.99. The zero-order valence-electron chi connectivity index (χ0n) is 11.9. The first-order chi connectivity index (χ1) is 8.64. The second-order valence-corrected chi connectivity index (χ2v) is 6.80. The summed E-state index contributed by atoms with van der Waals surface area (Å²) < 4.78 is 32.9. The highest BCUT2D eigenvalue weighted by Gasteiger charge is 2.67. The lowest BCUT2D eigenvalue weighted by atomic mass is 10.0. The Morgan fingerprint density at radius 3 is 1.84 bits per heavy atom. The van der Waals surface area contributed by atoms with Crippen molar-refractivity contribution in [2.75, 3.05) is 7.11 Å². The number of benzene rings is 1. The van der Waals surface area contributed by atoms with Gasteiger partial charge < -0.3 is 4.74 Å². The van der Waals surface area contributed by atoms with E-state index in [4.69, 9.17) is 16.3 Å². The minimum absolute atomic E-state index is 0.0295. The smallest absolute Gasteiger partial charge is 0.134 e. The van der Waals surface area contributed by atoms with Gasteiger partial charge in [0.15, 0.2) is 0 Å². The van der Waals surface area contributed by atoms with Crippen molar-refractivity contribution in [1.29, 1.82) is 0 Å². The molecule has 106 valence electrons. The molecule has 1 nitrogen and oxygen atoms in total. The van der Waals surface area contributed by atoms with Gasteiger partial charge in [-0.05, 0) is 16.7 Å². The fraction of sp³-hybridized carbons (Fsp3) is 0.600. The van der Waals surface area contributed by atoms with Crippen LogP contribution in [-0.2, 0) is 0 Å². The van der Waals surface area contributed by atoms with Gasteiger partial charge in [-0.1, -0.05) is 27.7 Å². The predicted molar refractivity (Wildman–Crippen MR) is 72.6 cm³/mol. The van der Waals surface area contributed by atoms with Crippen molar-refractivity contribution >= 4 is 11.6 Å². The van der Waals surface area contributed by atoms with E-state index in [2.05, 4.69) is 27.7 Å². The summed E-state index contributed by atoms with van der Waals surface area (Å²) in [4.78, 5) is 0. The summed E-state index contributed by atoms with van der Waals surface area (Å²) in [5, 5.41) is -0.670. The van der Waals surface area contributed by atoms with Crippen molar-refractivity contribution in [1.82, 2.24) is 0 Å². The Balaban J connectivity index is 2.39. The summed E-state index contributed by atoms with van der Waals surface area (Å²) in [5.41, 5.74) is -0.109. The van der Waals surface area contributed by atoms with Crippen LogP contribution in [0.15, 0.2) is 12.1 Å². The molecule has 0 aliphatic heterocycles. The lowest BCUT2D eigenvalue weighted by molar-refractivity contribution is 0.403. The molecule has 0 radical (unpaired) electrons. The molecule has 19 heavy (non-hydrogen) atoms. The van der Waals surface area contributed by atoms with Gasteiger partial charge in [-0.15, -0.1) is 11.6 Å². The summed E-state index contributed by atoms with van der Waals surface area (Å²) >= 11 is 6.36. The van der Waals surface area contributed by atoms with Gasteiger partial charge >= 0.3 is 0 Å². The van der Waals surface area contributed by atoms with Gasteiger partial charge in [-0.25, -0.2) is 8.78 Å². The minimum atomic E-state index is -0.670. The van der Waals surface area contributed by atoms with Gasteiger partial charge in [-0.3, -0.25) is 0 Å². The van der Waals surface area contributed by atoms with E-state index in [0.717, 1.165) is 0 Å². The van der Waals surface area contributed by atoms with Crippen LogP contribution in [0.5, 0.6) is 5.75 Å². The molecule has 0 heterocycles. The van der Waals surface area contributed by atoms with E-state index in [-0.39, 0.29) is 28.1 Å². The second kappa shape index (κ2) is 4.34. The average molecular weight is 289 g/mol.